The molecule has 2 amide bonds. The number of amides is 2. The lowest BCUT2D eigenvalue weighted by molar-refractivity contribution is 0.192. The van der Waals surface area contributed by atoms with Crippen LogP contribution in [-0.2, 0) is 0 Å². The summed E-state index contributed by atoms with van der Waals surface area (Å²) in [5.74, 6) is 0.858. The third-order valence-corrected chi connectivity index (χ3v) is 4.79. The van der Waals surface area contributed by atoms with Crippen molar-refractivity contribution in [1.29, 1.82) is 0 Å². The Balaban J connectivity index is 1.60. The quantitative estimate of drug-likeness (QED) is 0.838. The summed E-state index contributed by atoms with van der Waals surface area (Å²) in [6.45, 7) is 3.57. The molecule has 3 unspecified atom stereocenters. The van der Waals surface area contributed by atoms with E-state index in [4.69, 9.17) is 0 Å². The van der Waals surface area contributed by atoms with Crippen molar-refractivity contribution in [2.75, 3.05) is 33.2 Å². The summed E-state index contributed by atoms with van der Waals surface area (Å²) in [4.78, 5) is 14.2. The SMILES string of the molecule is CN1CCCCC(CNC(=O)NCC2CCCC(F)C2)C1. The van der Waals surface area contributed by atoms with E-state index in [1.54, 1.807) is 0 Å². The van der Waals surface area contributed by atoms with Gasteiger partial charge in [0.05, 0.1) is 0 Å². The standard InChI is InChI=1S/C16H30FN3O/c1-20-8-3-2-5-14(12-20)11-19-16(21)18-10-13-6-4-7-15(17)9-13/h13-15H,2-12H2,1H3,(H2,18,19,21). The van der Waals surface area contributed by atoms with Crippen molar-refractivity contribution >= 4 is 6.03 Å². The normalized spacial score (nSPS) is 31.4. The van der Waals surface area contributed by atoms with Crippen molar-refractivity contribution in [2.24, 2.45) is 11.8 Å². The topological polar surface area (TPSA) is 44.4 Å². The highest BCUT2D eigenvalue weighted by Crippen LogP contribution is 2.25. The second kappa shape index (κ2) is 8.57. The molecular formula is C16H30FN3O. The number of halogens is 1. The lowest BCUT2D eigenvalue weighted by Crippen LogP contribution is -2.42. The smallest absolute Gasteiger partial charge is 0.314 e. The summed E-state index contributed by atoms with van der Waals surface area (Å²) in [5.41, 5.74) is 0. The fourth-order valence-electron chi connectivity index (χ4n) is 3.55. The predicted molar refractivity (Wildman–Crippen MR) is 83.1 cm³/mol. The van der Waals surface area contributed by atoms with Gasteiger partial charge in [-0.3, -0.25) is 0 Å². The van der Waals surface area contributed by atoms with Crippen LogP contribution in [0.3, 0.4) is 0 Å². The summed E-state index contributed by atoms with van der Waals surface area (Å²) < 4.78 is 13.3. The van der Waals surface area contributed by atoms with Crippen molar-refractivity contribution in [3.63, 3.8) is 0 Å². The van der Waals surface area contributed by atoms with Crippen LogP contribution in [0.25, 0.3) is 0 Å². The zero-order valence-electron chi connectivity index (χ0n) is 13.2. The van der Waals surface area contributed by atoms with Crippen molar-refractivity contribution in [1.82, 2.24) is 15.5 Å². The molecule has 2 fully saturated rings. The number of urea groups is 1. The van der Waals surface area contributed by atoms with Gasteiger partial charge >= 0.3 is 6.03 Å². The van der Waals surface area contributed by atoms with Crippen molar-refractivity contribution < 1.29 is 9.18 Å². The summed E-state index contributed by atoms with van der Waals surface area (Å²) >= 11 is 0. The molecule has 4 nitrogen and oxygen atoms in total. The van der Waals surface area contributed by atoms with Gasteiger partial charge in [0.2, 0.25) is 0 Å². The number of hydrogen-bond donors (Lipinski definition) is 2. The molecule has 1 heterocycles. The first-order chi connectivity index (χ1) is 10.1. The third kappa shape index (κ3) is 6.20. The predicted octanol–water partition coefficient (Wildman–Crippen LogP) is 2.55. The fourth-order valence-corrected chi connectivity index (χ4v) is 3.55. The Hall–Kier alpha value is -0.840. The Labute approximate surface area is 127 Å². The number of carbonyl (C=O) groups excluding carboxylic acids is 1. The van der Waals surface area contributed by atoms with E-state index < -0.39 is 6.17 Å². The number of alkyl halides is 1. The molecule has 21 heavy (non-hydrogen) atoms. The van der Waals surface area contributed by atoms with Crippen LogP contribution >= 0.6 is 0 Å². The molecular weight excluding hydrogens is 269 g/mol. The molecule has 0 aromatic heterocycles. The van der Waals surface area contributed by atoms with Gasteiger partial charge in [0.15, 0.2) is 0 Å². The van der Waals surface area contributed by atoms with E-state index in [1.165, 1.54) is 19.3 Å². The van der Waals surface area contributed by atoms with Gasteiger partial charge in [-0.2, -0.15) is 0 Å². The van der Waals surface area contributed by atoms with E-state index in [-0.39, 0.29) is 6.03 Å². The van der Waals surface area contributed by atoms with E-state index in [9.17, 15) is 9.18 Å². The molecule has 122 valence electrons. The van der Waals surface area contributed by atoms with Gasteiger partial charge in [-0.25, -0.2) is 9.18 Å². The Morgan fingerprint density at radius 2 is 1.81 bits per heavy atom. The third-order valence-electron chi connectivity index (χ3n) is 4.79. The maximum Gasteiger partial charge on any atom is 0.314 e. The van der Waals surface area contributed by atoms with E-state index >= 15 is 0 Å². The lowest BCUT2D eigenvalue weighted by atomic mass is 9.88. The average molecular weight is 299 g/mol. The van der Waals surface area contributed by atoms with Gasteiger partial charge in [0.25, 0.3) is 0 Å². The summed E-state index contributed by atoms with van der Waals surface area (Å²) in [6, 6.07) is -0.0946. The molecule has 0 aromatic carbocycles. The molecule has 2 rings (SSSR count). The highest BCUT2D eigenvalue weighted by molar-refractivity contribution is 5.73. The van der Waals surface area contributed by atoms with Crippen LogP contribution in [0, 0.1) is 11.8 Å². The van der Waals surface area contributed by atoms with Gasteiger partial charge in [0.1, 0.15) is 6.17 Å². The molecule has 1 aliphatic heterocycles. The Morgan fingerprint density at radius 1 is 1.10 bits per heavy atom. The van der Waals surface area contributed by atoms with Crippen LogP contribution in [0.15, 0.2) is 0 Å². The molecule has 2 N–H and O–H groups in total. The van der Waals surface area contributed by atoms with Crippen molar-refractivity contribution in [2.45, 2.75) is 51.1 Å². The van der Waals surface area contributed by atoms with Crippen LogP contribution < -0.4 is 10.6 Å². The van der Waals surface area contributed by atoms with Gasteiger partial charge in [-0.15, -0.1) is 0 Å². The summed E-state index contributed by atoms with van der Waals surface area (Å²) in [7, 11) is 2.15. The number of rotatable bonds is 4. The van der Waals surface area contributed by atoms with Gasteiger partial charge in [0, 0.05) is 19.6 Å². The molecule has 0 bridgehead atoms. The fraction of sp³-hybridized carbons (Fsp3) is 0.938. The molecule has 0 radical (unpaired) electrons. The zero-order valence-corrected chi connectivity index (χ0v) is 13.2. The minimum atomic E-state index is -0.671. The molecule has 5 heteroatoms. The first kappa shape index (κ1) is 16.5. The molecule has 1 saturated heterocycles. The summed E-state index contributed by atoms with van der Waals surface area (Å²) in [5, 5.41) is 5.89. The molecule has 2 aliphatic rings. The minimum absolute atomic E-state index is 0.0946. The maximum absolute atomic E-state index is 13.3. The van der Waals surface area contributed by atoms with Crippen LogP contribution in [0.5, 0.6) is 0 Å². The molecule has 0 spiro atoms. The maximum atomic E-state index is 13.3. The monoisotopic (exact) mass is 299 g/mol. The van der Waals surface area contributed by atoms with Crippen LogP contribution in [-0.4, -0.2) is 50.3 Å². The zero-order chi connectivity index (χ0) is 15.1. The summed E-state index contributed by atoms with van der Waals surface area (Å²) in [6.07, 6.45) is 6.30. The highest BCUT2D eigenvalue weighted by atomic mass is 19.1. The van der Waals surface area contributed by atoms with Crippen LogP contribution in [0.2, 0.25) is 0 Å². The number of carbonyl (C=O) groups is 1. The van der Waals surface area contributed by atoms with Crippen LogP contribution in [0.1, 0.15) is 44.9 Å². The van der Waals surface area contributed by atoms with E-state index in [2.05, 4.69) is 22.6 Å². The second-order valence-electron chi connectivity index (χ2n) is 6.84. The first-order valence-corrected chi connectivity index (χ1v) is 8.48. The molecule has 1 aliphatic carbocycles. The number of hydrogen-bond acceptors (Lipinski definition) is 2. The minimum Gasteiger partial charge on any atom is -0.338 e. The van der Waals surface area contributed by atoms with Gasteiger partial charge in [-0.1, -0.05) is 12.8 Å². The first-order valence-electron chi connectivity index (χ1n) is 8.48. The van der Waals surface area contributed by atoms with Gasteiger partial charge < -0.3 is 15.5 Å². The van der Waals surface area contributed by atoms with Crippen molar-refractivity contribution in [3.8, 4) is 0 Å². The average Bonchev–Trinajstić information content (AvgIpc) is 2.67. The Morgan fingerprint density at radius 3 is 2.57 bits per heavy atom. The number of likely N-dealkylation sites (tertiary alicyclic amines) is 1. The number of nitrogens with one attached hydrogen (secondary N) is 2. The largest absolute Gasteiger partial charge is 0.338 e. The molecule has 0 aromatic rings. The number of nitrogens with zero attached hydrogens (tertiary/aromatic N) is 1. The second-order valence-corrected chi connectivity index (χ2v) is 6.84. The highest BCUT2D eigenvalue weighted by Gasteiger charge is 2.22. The van der Waals surface area contributed by atoms with E-state index in [1.807, 2.05) is 0 Å². The van der Waals surface area contributed by atoms with Gasteiger partial charge in [-0.05, 0) is 57.5 Å². The Kier molecular flexibility index (Phi) is 6.74. The molecule has 3 atom stereocenters. The van der Waals surface area contributed by atoms with E-state index in [0.717, 1.165) is 32.5 Å². The lowest BCUT2D eigenvalue weighted by Gasteiger charge is -2.25. The Bertz CT molecular complexity index is 327. The van der Waals surface area contributed by atoms with Crippen molar-refractivity contribution in [3.05, 3.63) is 0 Å². The van der Waals surface area contributed by atoms with E-state index in [0.29, 0.717) is 31.2 Å². The molecule has 1 saturated carbocycles. The van der Waals surface area contributed by atoms with Crippen LogP contribution in [0.4, 0.5) is 9.18 Å².